The zero-order chi connectivity index (χ0) is 21.1. The number of rotatable bonds is 5. The number of carbonyl (C=O) groups is 2. The number of aromatic nitrogens is 2. The molecular weight excluding hydrogens is 407 g/mol. The second-order valence-electron chi connectivity index (χ2n) is 6.79. The molecule has 1 saturated heterocycles. The lowest BCUT2D eigenvalue weighted by Crippen LogP contribution is -2.30. The molecule has 0 unspecified atom stereocenters. The van der Waals surface area contributed by atoms with E-state index in [0.29, 0.717) is 28.6 Å². The van der Waals surface area contributed by atoms with E-state index in [4.69, 9.17) is 4.74 Å². The third-order valence-electron chi connectivity index (χ3n) is 4.85. The van der Waals surface area contributed by atoms with Crippen LogP contribution in [-0.4, -0.2) is 40.6 Å². The molecule has 2 amide bonds. The van der Waals surface area contributed by atoms with E-state index in [0.717, 1.165) is 24.2 Å². The van der Waals surface area contributed by atoms with E-state index in [1.54, 1.807) is 36.3 Å². The average Bonchev–Trinajstić information content (AvgIpc) is 3.44. The highest BCUT2D eigenvalue weighted by atomic mass is 32.1. The van der Waals surface area contributed by atoms with Gasteiger partial charge in [-0.3, -0.25) is 9.59 Å². The van der Waals surface area contributed by atoms with Gasteiger partial charge >= 0.3 is 0 Å². The summed E-state index contributed by atoms with van der Waals surface area (Å²) in [5.74, 6) is -0.293. The first-order chi connectivity index (χ1) is 14.5. The smallest absolute Gasteiger partial charge is 0.286 e. The van der Waals surface area contributed by atoms with E-state index < -0.39 is 5.91 Å². The number of anilines is 1. The van der Waals surface area contributed by atoms with Gasteiger partial charge in [0.05, 0.1) is 13.2 Å². The Kier molecular flexibility index (Phi) is 5.71. The number of likely N-dealkylation sites (tertiary alicyclic amines) is 1. The lowest BCUT2D eigenvalue weighted by molar-refractivity contribution is 0.0734. The van der Waals surface area contributed by atoms with Gasteiger partial charge in [0.1, 0.15) is 16.6 Å². The molecule has 1 N–H and O–H groups in total. The van der Waals surface area contributed by atoms with E-state index in [-0.39, 0.29) is 22.8 Å². The Morgan fingerprint density at radius 1 is 1.20 bits per heavy atom. The highest BCUT2D eigenvalue weighted by Crippen LogP contribution is 2.35. The zero-order valence-corrected chi connectivity index (χ0v) is 17.0. The number of hydrogen-bond donors (Lipinski definition) is 1. The van der Waals surface area contributed by atoms with Crippen LogP contribution in [0, 0.1) is 5.82 Å². The van der Waals surface area contributed by atoms with Crippen LogP contribution in [0.25, 0.3) is 0 Å². The number of carbonyl (C=O) groups excluding carboxylic acids is 2. The van der Waals surface area contributed by atoms with Crippen LogP contribution in [0.5, 0.6) is 5.75 Å². The van der Waals surface area contributed by atoms with Gasteiger partial charge in [-0.1, -0.05) is 17.4 Å². The molecule has 4 rings (SSSR count). The average molecular weight is 426 g/mol. The number of amides is 2. The van der Waals surface area contributed by atoms with Gasteiger partial charge in [0.2, 0.25) is 5.01 Å². The molecule has 1 aliphatic heterocycles. The molecule has 2 aromatic carbocycles. The standard InChI is InChI=1S/C21H19FN4O3S/c1-29-16-5-2-4-13(12-16)21(28)26-11-3-6-17(26)19-24-25-20(30-19)18(27)23-15-9-7-14(22)8-10-15/h2,4-5,7-10,12,17H,3,6,11H2,1H3,(H,23,27)/t17-/m1/s1. The van der Waals surface area contributed by atoms with E-state index in [1.165, 1.54) is 24.3 Å². The molecule has 0 saturated carbocycles. The van der Waals surface area contributed by atoms with E-state index in [9.17, 15) is 14.0 Å². The maximum Gasteiger partial charge on any atom is 0.286 e. The fourth-order valence-electron chi connectivity index (χ4n) is 3.37. The van der Waals surface area contributed by atoms with E-state index in [2.05, 4.69) is 15.5 Å². The zero-order valence-electron chi connectivity index (χ0n) is 16.2. The molecule has 1 fully saturated rings. The Bertz CT molecular complexity index is 1070. The van der Waals surface area contributed by atoms with Crippen molar-refractivity contribution in [2.45, 2.75) is 18.9 Å². The molecular formula is C21H19FN4O3S. The number of methoxy groups -OCH3 is 1. The number of benzene rings is 2. The van der Waals surface area contributed by atoms with Crippen molar-refractivity contribution in [1.29, 1.82) is 0 Å². The Hall–Kier alpha value is -3.33. The van der Waals surface area contributed by atoms with Crippen molar-refractivity contribution in [3.63, 3.8) is 0 Å². The molecule has 9 heteroatoms. The first-order valence-corrected chi connectivity index (χ1v) is 10.2. The number of halogens is 1. The van der Waals surface area contributed by atoms with Crippen LogP contribution >= 0.6 is 11.3 Å². The third kappa shape index (κ3) is 4.16. The lowest BCUT2D eigenvalue weighted by Gasteiger charge is -2.23. The summed E-state index contributed by atoms with van der Waals surface area (Å²) >= 11 is 1.16. The largest absolute Gasteiger partial charge is 0.497 e. The quantitative estimate of drug-likeness (QED) is 0.669. The van der Waals surface area contributed by atoms with Crippen molar-refractivity contribution in [3.05, 3.63) is 69.9 Å². The van der Waals surface area contributed by atoms with Crippen LogP contribution in [0.1, 0.15) is 44.1 Å². The third-order valence-corrected chi connectivity index (χ3v) is 5.88. The van der Waals surface area contributed by atoms with Crippen LogP contribution in [0.3, 0.4) is 0 Å². The van der Waals surface area contributed by atoms with Gasteiger partial charge in [-0.25, -0.2) is 4.39 Å². The Morgan fingerprint density at radius 3 is 2.77 bits per heavy atom. The van der Waals surface area contributed by atoms with E-state index >= 15 is 0 Å². The topological polar surface area (TPSA) is 84.4 Å². The minimum Gasteiger partial charge on any atom is -0.497 e. The summed E-state index contributed by atoms with van der Waals surface area (Å²) < 4.78 is 18.2. The predicted molar refractivity (Wildman–Crippen MR) is 110 cm³/mol. The van der Waals surface area contributed by atoms with Crippen molar-refractivity contribution in [2.75, 3.05) is 19.0 Å². The SMILES string of the molecule is COc1cccc(C(=O)N2CCC[C@@H]2c2nnc(C(=O)Nc3ccc(F)cc3)s2)c1. The second kappa shape index (κ2) is 8.58. The Balaban J connectivity index is 1.49. The fraction of sp³-hybridized carbons (Fsp3) is 0.238. The number of hydrogen-bond acceptors (Lipinski definition) is 6. The van der Waals surface area contributed by atoms with Gasteiger partial charge in [-0.15, -0.1) is 10.2 Å². The maximum atomic E-state index is 13.0. The van der Waals surface area contributed by atoms with Crippen molar-refractivity contribution in [3.8, 4) is 5.75 Å². The first kappa shape index (κ1) is 20.0. The van der Waals surface area contributed by atoms with Gasteiger partial charge in [0.15, 0.2) is 0 Å². The molecule has 1 atom stereocenters. The van der Waals surface area contributed by atoms with Gasteiger partial charge in [0.25, 0.3) is 11.8 Å². The van der Waals surface area contributed by atoms with Crippen molar-refractivity contribution in [1.82, 2.24) is 15.1 Å². The first-order valence-electron chi connectivity index (χ1n) is 9.40. The maximum absolute atomic E-state index is 13.0. The van der Waals surface area contributed by atoms with Crippen LogP contribution in [0.4, 0.5) is 10.1 Å². The second-order valence-corrected chi connectivity index (χ2v) is 7.80. The van der Waals surface area contributed by atoms with Gasteiger partial charge in [-0.2, -0.15) is 0 Å². The van der Waals surface area contributed by atoms with Crippen LogP contribution in [0.15, 0.2) is 48.5 Å². The molecule has 1 aliphatic rings. The minimum atomic E-state index is -0.422. The summed E-state index contributed by atoms with van der Waals surface area (Å²) in [6.07, 6.45) is 1.60. The number of ether oxygens (including phenoxy) is 1. The van der Waals surface area contributed by atoms with Crippen molar-refractivity contribution in [2.24, 2.45) is 0 Å². The molecule has 0 spiro atoms. The monoisotopic (exact) mass is 426 g/mol. The summed E-state index contributed by atoms with van der Waals surface area (Å²) in [7, 11) is 1.56. The fourth-order valence-corrected chi connectivity index (χ4v) is 4.25. The summed E-state index contributed by atoms with van der Waals surface area (Å²) in [6.45, 7) is 0.609. The summed E-state index contributed by atoms with van der Waals surface area (Å²) in [5.41, 5.74) is 1.01. The number of nitrogens with one attached hydrogen (secondary N) is 1. The van der Waals surface area contributed by atoms with Crippen LogP contribution < -0.4 is 10.1 Å². The lowest BCUT2D eigenvalue weighted by atomic mass is 10.1. The van der Waals surface area contributed by atoms with Crippen LogP contribution in [-0.2, 0) is 0 Å². The van der Waals surface area contributed by atoms with E-state index in [1.807, 2.05) is 0 Å². The molecule has 0 bridgehead atoms. The van der Waals surface area contributed by atoms with Gasteiger partial charge in [0, 0.05) is 17.8 Å². The highest BCUT2D eigenvalue weighted by molar-refractivity contribution is 7.13. The van der Waals surface area contributed by atoms with Crippen molar-refractivity contribution < 1.29 is 18.7 Å². The molecule has 0 radical (unpaired) electrons. The summed E-state index contributed by atoms with van der Waals surface area (Å²) in [5, 5.41) is 11.6. The van der Waals surface area contributed by atoms with Gasteiger partial charge in [-0.05, 0) is 55.3 Å². The molecule has 30 heavy (non-hydrogen) atoms. The Morgan fingerprint density at radius 2 is 2.00 bits per heavy atom. The molecule has 0 aliphatic carbocycles. The summed E-state index contributed by atoms with van der Waals surface area (Å²) in [6, 6.07) is 12.3. The highest BCUT2D eigenvalue weighted by Gasteiger charge is 2.33. The predicted octanol–water partition coefficient (Wildman–Crippen LogP) is 3.92. The molecule has 1 aromatic heterocycles. The minimum absolute atomic E-state index is 0.107. The number of nitrogens with zero attached hydrogens (tertiary/aromatic N) is 3. The molecule has 154 valence electrons. The molecule has 2 heterocycles. The normalized spacial score (nSPS) is 15.8. The molecule has 3 aromatic rings. The van der Waals surface area contributed by atoms with Crippen LogP contribution in [0.2, 0.25) is 0 Å². The molecule has 7 nitrogen and oxygen atoms in total. The Labute approximate surface area is 176 Å². The van der Waals surface area contributed by atoms with Gasteiger partial charge < -0.3 is 15.0 Å². The van der Waals surface area contributed by atoms with Crippen molar-refractivity contribution >= 4 is 28.8 Å². The summed E-state index contributed by atoms with van der Waals surface area (Å²) in [4.78, 5) is 27.2.